The van der Waals surface area contributed by atoms with Crippen molar-refractivity contribution in [1.82, 2.24) is 14.7 Å². The fourth-order valence-corrected chi connectivity index (χ4v) is 4.37. The van der Waals surface area contributed by atoms with Crippen LogP contribution in [0.4, 0.5) is 0 Å². The maximum atomic E-state index is 12.2. The van der Waals surface area contributed by atoms with Crippen LogP contribution in [-0.2, 0) is 11.2 Å². The van der Waals surface area contributed by atoms with Crippen LogP contribution in [0.3, 0.4) is 0 Å². The van der Waals surface area contributed by atoms with Gasteiger partial charge in [0.2, 0.25) is 5.91 Å². The lowest BCUT2D eigenvalue weighted by atomic mass is 9.97. The van der Waals surface area contributed by atoms with Crippen molar-refractivity contribution in [2.24, 2.45) is 11.8 Å². The molecule has 2 aliphatic rings. The molecule has 0 radical (unpaired) electrons. The van der Waals surface area contributed by atoms with E-state index in [4.69, 9.17) is 0 Å². The minimum Gasteiger partial charge on any atom is -0.353 e. The Morgan fingerprint density at radius 1 is 1.27 bits per heavy atom. The Labute approximate surface area is 130 Å². The summed E-state index contributed by atoms with van der Waals surface area (Å²) in [5.41, 5.74) is 1.94. The number of aromatic nitrogens is 2. The van der Waals surface area contributed by atoms with Crippen LogP contribution < -0.4 is 5.32 Å². The molecule has 4 heteroatoms. The average molecular weight is 297 g/mol. The first-order valence-corrected chi connectivity index (χ1v) is 8.51. The van der Waals surface area contributed by atoms with E-state index in [-0.39, 0.29) is 5.91 Å². The first-order valence-electron chi connectivity index (χ1n) is 8.51. The Morgan fingerprint density at radius 3 is 3.14 bits per heavy atom. The summed E-state index contributed by atoms with van der Waals surface area (Å²) in [6.45, 7) is 0. The molecule has 0 aliphatic heterocycles. The predicted octanol–water partition coefficient (Wildman–Crippen LogP) is 2.96. The number of aryl methyl sites for hydroxylation is 1. The van der Waals surface area contributed by atoms with Crippen LogP contribution in [0.1, 0.15) is 44.2 Å². The number of nitrogens with one attached hydrogen (secondary N) is 1. The van der Waals surface area contributed by atoms with Crippen LogP contribution in [0, 0.1) is 11.8 Å². The predicted molar refractivity (Wildman–Crippen MR) is 85.5 cm³/mol. The number of rotatable bonds is 4. The van der Waals surface area contributed by atoms with Crippen molar-refractivity contribution in [3.05, 3.63) is 36.3 Å². The van der Waals surface area contributed by atoms with Crippen molar-refractivity contribution in [1.29, 1.82) is 0 Å². The number of hydrogen-bond donors (Lipinski definition) is 1. The molecular weight excluding hydrogens is 274 g/mol. The van der Waals surface area contributed by atoms with Crippen molar-refractivity contribution in [3.63, 3.8) is 0 Å². The lowest BCUT2D eigenvalue weighted by Gasteiger charge is -2.19. The molecule has 116 valence electrons. The smallest absolute Gasteiger partial charge is 0.220 e. The number of amides is 1. The van der Waals surface area contributed by atoms with Crippen molar-refractivity contribution < 1.29 is 4.79 Å². The molecule has 1 amide bonds. The fraction of sp³-hybridized carbons (Fsp3) is 0.556. The second kappa shape index (κ2) is 5.75. The maximum Gasteiger partial charge on any atom is 0.220 e. The molecule has 2 heterocycles. The van der Waals surface area contributed by atoms with Gasteiger partial charge >= 0.3 is 0 Å². The first kappa shape index (κ1) is 13.8. The van der Waals surface area contributed by atoms with Crippen LogP contribution in [0.25, 0.3) is 5.65 Å². The number of pyridine rings is 1. The Morgan fingerprint density at radius 2 is 2.23 bits per heavy atom. The van der Waals surface area contributed by atoms with Crippen molar-refractivity contribution in [2.45, 2.75) is 51.0 Å². The van der Waals surface area contributed by atoms with Gasteiger partial charge in [-0.25, -0.2) is 4.98 Å². The zero-order valence-corrected chi connectivity index (χ0v) is 12.9. The van der Waals surface area contributed by atoms with Crippen molar-refractivity contribution in [3.8, 4) is 0 Å². The second-order valence-corrected chi connectivity index (χ2v) is 6.80. The van der Waals surface area contributed by atoms with Gasteiger partial charge in [-0.1, -0.05) is 18.9 Å². The topological polar surface area (TPSA) is 46.4 Å². The number of carbonyl (C=O) groups is 1. The Hall–Kier alpha value is -1.84. The molecule has 22 heavy (non-hydrogen) atoms. The molecule has 0 unspecified atom stereocenters. The summed E-state index contributed by atoms with van der Waals surface area (Å²) in [5, 5.41) is 3.28. The van der Waals surface area contributed by atoms with E-state index in [1.807, 2.05) is 35.0 Å². The van der Waals surface area contributed by atoms with Gasteiger partial charge < -0.3 is 9.72 Å². The van der Waals surface area contributed by atoms with Crippen LogP contribution in [0.5, 0.6) is 0 Å². The van der Waals surface area contributed by atoms with Crippen molar-refractivity contribution >= 4 is 11.6 Å². The van der Waals surface area contributed by atoms with Gasteiger partial charge in [-0.05, 0) is 49.7 Å². The van der Waals surface area contributed by atoms with E-state index >= 15 is 0 Å². The van der Waals surface area contributed by atoms with E-state index in [9.17, 15) is 4.79 Å². The fourth-order valence-electron chi connectivity index (χ4n) is 4.37. The van der Waals surface area contributed by atoms with Gasteiger partial charge in [-0.3, -0.25) is 4.79 Å². The Kier molecular flexibility index (Phi) is 3.60. The molecule has 1 N–H and O–H groups in total. The molecule has 0 aromatic carbocycles. The third-order valence-electron chi connectivity index (χ3n) is 5.45. The summed E-state index contributed by atoms with van der Waals surface area (Å²) in [6.07, 6.45) is 11.8. The zero-order valence-electron chi connectivity index (χ0n) is 12.9. The van der Waals surface area contributed by atoms with Crippen LogP contribution in [0.2, 0.25) is 0 Å². The lowest BCUT2D eigenvalue weighted by Crippen LogP contribution is -2.37. The molecule has 4 nitrogen and oxygen atoms in total. The Bertz CT molecular complexity index is 645. The molecule has 2 fully saturated rings. The van der Waals surface area contributed by atoms with Gasteiger partial charge in [-0.2, -0.15) is 0 Å². The SMILES string of the molecule is O=C(CCc1cn2ccccc2n1)N[C@@H]1CC[C@H]2CCC[C@H]21. The lowest BCUT2D eigenvalue weighted by molar-refractivity contribution is -0.122. The Balaban J connectivity index is 1.32. The highest BCUT2D eigenvalue weighted by Crippen LogP contribution is 2.43. The number of imidazole rings is 1. The number of carbonyl (C=O) groups excluding carboxylic acids is 1. The molecule has 2 aromatic rings. The largest absolute Gasteiger partial charge is 0.353 e. The molecule has 4 rings (SSSR count). The molecule has 0 spiro atoms. The highest BCUT2D eigenvalue weighted by Gasteiger charge is 2.39. The van der Waals surface area contributed by atoms with Crippen LogP contribution in [0.15, 0.2) is 30.6 Å². The van der Waals surface area contributed by atoms with Gasteiger partial charge in [0, 0.05) is 24.9 Å². The molecule has 2 saturated carbocycles. The summed E-state index contributed by atoms with van der Waals surface area (Å²) < 4.78 is 2.01. The maximum absolute atomic E-state index is 12.2. The van der Waals surface area contributed by atoms with Gasteiger partial charge in [0.1, 0.15) is 5.65 Å². The average Bonchev–Trinajstić information content (AvgIpc) is 3.21. The van der Waals surface area contributed by atoms with E-state index in [0.717, 1.165) is 23.2 Å². The van der Waals surface area contributed by atoms with Crippen LogP contribution in [-0.4, -0.2) is 21.3 Å². The van der Waals surface area contributed by atoms with Crippen molar-refractivity contribution in [2.75, 3.05) is 0 Å². The van der Waals surface area contributed by atoms with Gasteiger partial charge in [0.05, 0.1) is 5.69 Å². The second-order valence-electron chi connectivity index (χ2n) is 6.80. The minimum absolute atomic E-state index is 0.189. The molecule has 3 atom stereocenters. The first-order chi connectivity index (χ1) is 10.8. The third-order valence-corrected chi connectivity index (χ3v) is 5.45. The molecule has 0 bridgehead atoms. The molecule has 2 aromatic heterocycles. The van der Waals surface area contributed by atoms with Gasteiger partial charge in [-0.15, -0.1) is 0 Å². The standard InChI is InChI=1S/C18H23N3O/c22-18(20-16-9-7-13-4-3-5-15(13)16)10-8-14-12-21-11-2-1-6-17(21)19-14/h1-2,6,11-13,15-16H,3-5,7-10H2,(H,20,22)/t13-,15-,16-/m1/s1. The van der Waals surface area contributed by atoms with E-state index < -0.39 is 0 Å². The van der Waals surface area contributed by atoms with Crippen LogP contribution >= 0.6 is 0 Å². The third kappa shape index (κ3) is 2.62. The number of fused-ring (bicyclic) bond motifs is 2. The van der Waals surface area contributed by atoms with E-state index in [2.05, 4.69) is 10.3 Å². The summed E-state index contributed by atoms with van der Waals surface area (Å²) in [7, 11) is 0. The highest BCUT2D eigenvalue weighted by molar-refractivity contribution is 5.76. The molecule has 0 saturated heterocycles. The summed E-state index contributed by atoms with van der Waals surface area (Å²) in [6, 6.07) is 6.39. The summed E-state index contributed by atoms with van der Waals surface area (Å²) in [4.78, 5) is 16.8. The van der Waals surface area contributed by atoms with E-state index in [0.29, 0.717) is 18.9 Å². The summed E-state index contributed by atoms with van der Waals surface area (Å²) in [5.74, 6) is 1.82. The normalized spacial score (nSPS) is 27.2. The number of hydrogen-bond acceptors (Lipinski definition) is 2. The molecular formula is C18H23N3O. The van der Waals surface area contributed by atoms with E-state index in [1.165, 1.54) is 32.1 Å². The van der Waals surface area contributed by atoms with Gasteiger partial charge in [0.15, 0.2) is 0 Å². The quantitative estimate of drug-likeness (QED) is 0.943. The number of nitrogens with zero attached hydrogens (tertiary/aromatic N) is 2. The highest BCUT2D eigenvalue weighted by atomic mass is 16.1. The summed E-state index contributed by atoms with van der Waals surface area (Å²) >= 11 is 0. The minimum atomic E-state index is 0.189. The van der Waals surface area contributed by atoms with E-state index in [1.54, 1.807) is 0 Å². The van der Waals surface area contributed by atoms with Gasteiger partial charge in [0.25, 0.3) is 0 Å². The monoisotopic (exact) mass is 297 g/mol. The molecule has 2 aliphatic carbocycles. The zero-order chi connectivity index (χ0) is 14.9.